The van der Waals surface area contributed by atoms with Crippen LogP contribution in [0.1, 0.15) is 30.7 Å². The molecule has 39 heavy (non-hydrogen) atoms. The molecule has 0 bridgehead atoms. The fraction of sp³-hybridized carbons (Fsp3) is 0.545. The standard InChI is InChI=1S/C18H22FN3O3.2C2HF3O2/c1-13-8-14(21-25-13)10-22-7-3-5-18(12-22)9-15(11-23-18)24-17-16(19)4-2-6-20-17;2*3-2(4,5)1(6)7/h2,4,6,8,15H,3,5,7,9-12H2,1H3;2*(H,6,7)/t15-,18+;;/m1../s1. The number of aryl methyl sites for hydroxylation is 1. The lowest BCUT2D eigenvalue weighted by atomic mass is 9.89. The van der Waals surface area contributed by atoms with E-state index in [0.29, 0.717) is 6.61 Å². The molecule has 2 saturated heterocycles. The van der Waals surface area contributed by atoms with Crippen LogP contribution in [0.3, 0.4) is 0 Å². The molecule has 1 spiro atoms. The van der Waals surface area contributed by atoms with Crippen molar-refractivity contribution in [1.29, 1.82) is 0 Å². The molecule has 2 aromatic rings. The number of carboxylic acids is 2. The van der Waals surface area contributed by atoms with Crippen LogP contribution in [-0.2, 0) is 20.9 Å². The quantitative estimate of drug-likeness (QED) is 0.516. The third-order valence-corrected chi connectivity index (χ3v) is 5.34. The van der Waals surface area contributed by atoms with Gasteiger partial charge in [-0.15, -0.1) is 0 Å². The predicted molar refractivity (Wildman–Crippen MR) is 115 cm³/mol. The lowest BCUT2D eigenvalue weighted by Gasteiger charge is -2.39. The van der Waals surface area contributed by atoms with Crippen molar-refractivity contribution >= 4 is 11.9 Å². The van der Waals surface area contributed by atoms with E-state index in [1.165, 1.54) is 12.3 Å². The van der Waals surface area contributed by atoms with Gasteiger partial charge in [-0.1, -0.05) is 5.16 Å². The number of hydrogen-bond donors (Lipinski definition) is 2. The molecule has 10 nitrogen and oxygen atoms in total. The van der Waals surface area contributed by atoms with E-state index in [1.54, 1.807) is 6.07 Å². The largest absolute Gasteiger partial charge is 0.490 e. The van der Waals surface area contributed by atoms with Gasteiger partial charge in [-0.25, -0.2) is 19.0 Å². The molecule has 4 heterocycles. The van der Waals surface area contributed by atoms with Crippen molar-refractivity contribution in [3.8, 4) is 5.88 Å². The summed E-state index contributed by atoms with van der Waals surface area (Å²) in [6.07, 6.45) is -6.00. The second-order valence-electron chi connectivity index (χ2n) is 8.58. The molecular weight excluding hydrogens is 551 g/mol. The first-order valence-electron chi connectivity index (χ1n) is 11.2. The SMILES string of the molecule is Cc1cc(CN2CCC[C@]3(C[C@@H](Oc4ncccc4F)CO3)C2)no1.O=C(O)C(F)(F)F.O=C(O)C(F)(F)F. The number of aliphatic carboxylic acids is 2. The Hall–Kier alpha value is -3.47. The Morgan fingerprint density at radius 3 is 2.31 bits per heavy atom. The van der Waals surface area contributed by atoms with E-state index in [0.717, 1.165) is 50.4 Å². The zero-order chi connectivity index (χ0) is 29.4. The van der Waals surface area contributed by atoms with Crippen LogP contribution in [0, 0.1) is 12.7 Å². The average Bonchev–Trinajstić information content (AvgIpc) is 3.40. The van der Waals surface area contributed by atoms with E-state index in [9.17, 15) is 30.7 Å². The molecular formula is C22H24F7N3O7. The Kier molecular flexibility index (Phi) is 10.6. The Bertz CT molecular complexity index is 1090. The van der Waals surface area contributed by atoms with E-state index in [4.69, 9.17) is 33.8 Å². The van der Waals surface area contributed by atoms with Crippen LogP contribution in [0.25, 0.3) is 0 Å². The van der Waals surface area contributed by atoms with Crippen LogP contribution in [-0.4, -0.2) is 80.9 Å². The molecule has 2 aromatic heterocycles. The number of hydrogen-bond acceptors (Lipinski definition) is 8. The molecule has 2 aliphatic heterocycles. The van der Waals surface area contributed by atoms with Gasteiger partial charge >= 0.3 is 24.3 Å². The van der Waals surface area contributed by atoms with Gasteiger partial charge in [0.05, 0.1) is 17.9 Å². The molecule has 0 aromatic carbocycles. The molecule has 17 heteroatoms. The van der Waals surface area contributed by atoms with Crippen molar-refractivity contribution < 1.29 is 64.5 Å². The lowest BCUT2D eigenvalue weighted by Crippen LogP contribution is -2.47. The van der Waals surface area contributed by atoms with Crippen molar-refractivity contribution in [2.24, 2.45) is 0 Å². The monoisotopic (exact) mass is 575 g/mol. The molecule has 2 fully saturated rings. The summed E-state index contributed by atoms with van der Waals surface area (Å²) in [6.45, 7) is 4.95. The van der Waals surface area contributed by atoms with Gasteiger partial charge in [0.15, 0.2) is 5.82 Å². The van der Waals surface area contributed by atoms with Gasteiger partial charge in [0.2, 0.25) is 0 Å². The summed E-state index contributed by atoms with van der Waals surface area (Å²) in [5.74, 6) is -5.07. The van der Waals surface area contributed by atoms with Crippen LogP contribution in [0.4, 0.5) is 30.7 Å². The molecule has 218 valence electrons. The molecule has 0 radical (unpaired) electrons. The number of carboxylic acid groups (broad SMARTS) is 2. The van der Waals surface area contributed by atoms with Crippen LogP contribution in [0.15, 0.2) is 28.9 Å². The number of ether oxygens (including phenoxy) is 2. The van der Waals surface area contributed by atoms with E-state index in [1.807, 2.05) is 13.0 Å². The highest BCUT2D eigenvalue weighted by Gasteiger charge is 2.45. The Morgan fingerprint density at radius 2 is 1.79 bits per heavy atom. The highest BCUT2D eigenvalue weighted by atomic mass is 19.4. The maximum Gasteiger partial charge on any atom is 0.490 e. The summed E-state index contributed by atoms with van der Waals surface area (Å²) >= 11 is 0. The number of aromatic nitrogens is 2. The zero-order valence-electron chi connectivity index (χ0n) is 20.3. The van der Waals surface area contributed by atoms with Crippen molar-refractivity contribution in [3.05, 3.63) is 41.7 Å². The molecule has 2 N–H and O–H groups in total. The third kappa shape index (κ3) is 10.3. The van der Waals surface area contributed by atoms with Gasteiger partial charge < -0.3 is 24.2 Å². The molecule has 0 unspecified atom stereocenters. The number of likely N-dealkylation sites (tertiary alicyclic amines) is 1. The van der Waals surface area contributed by atoms with E-state index in [-0.39, 0.29) is 17.6 Å². The van der Waals surface area contributed by atoms with Crippen molar-refractivity contribution in [3.63, 3.8) is 0 Å². The number of pyridine rings is 1. The number of rotatable bonds is 4. The van der Waals surface area contributed by atoms with Gasteiger partial charge in [-0.2, -0.15) is 26.3 Å². The van der Waals surface area contributed by atoms with E-state index < -0.39 is 30.1 Å². The Labute approximate surface area is 216 Å². The molecule has 2 aliphatic rings. The second kappa shape index (κ2) is 13.1. The lowest BCUT2D eigenvalue weighted by molar-refractivity contribution is -0.193. The van der Waals surface area contributed by atoms with Crippen LogP contribution in [0.2, 0.25) is 0 Å². The molecule has 0 aliphatic carbocycles. The zero-order valence-corrected chi connectivity index (χ0v) is 20.3. The fourth-order valence-corrected chi connectivity index (χ4v) is 3.83. The predicted octanol–water partition coefficient (Wildman–Crippen LogP) is 3.99. The average molecular weight is 575 g/mol. The minimum absolute atomic E-state index is 0.0545. The van der Waals surface area contributed by atoms with Gasteiger partial charge in [0.25, 0.3) is 5.88 Å². The highest BCUT2D eigenvalue weighted by molar-refractivity contribution is 5.73. The topological polar surface area (TPSA) is 135 Å². The van der Waals surface area contributed by atoms with Crippen molar-refractivity contribution in [1.82, 2.24) is 15.0 Å². The first-order valence-corrected chi connectivity index (χ1v) is 11.2. The summed E-state index contributed by atoms with van der Waals surface area (Å²) in [6, 6.07) is 4.88. The number of piperidine rings is 1. The first-order chi connectivity index (χ1) is 18.0. The maximum atomic E-state index is 13.7. The van der Waals surface area contributed by atoms with Crippen LogP contribution >= 0.6 is 0 Å². The maximum absolute atomic E-state index is 13.7. The van der Waals surface area contributed by atoms with E-state index in [2.05, 4.69) is 15.0 Å². The van der Waals surface area contributed by atoms with Gasteiger partial charge in [-0.05, 0) is 38.4 Å². The number of alkyl halides is 6. The minimum Gasteiger partial charge on any atom is -0.475 e. The fourth-order valence-electron chi connectivity index (χ4n) is 3.83. The second-order valence-corrected chi connectivity index (χ2v) is 8.58. The van der Waals surface area contributed by atoms with Crippen molar-refractivity contribution in [2.45, 2.75) is 56.8 Å². The summed E-state index contributed by atoms with van der Waals surface area (Å²) in [5.41, 5.74) is 0.711. The summed E-state index contributed by atoms with van der Waals surface area (Å²) in [5, 5.41) is 18.3. The summed E-state index contributed by atoms with van der Waals surface area (Å²) in [7, 11) is 0. The van der Waals surface area contributed by atoms with Gasteiger partial charge in [0.1, 0.15) is 11.9 Å². The summed E-state index contributed by atoms with van der Waals surface area (Å²) in [4.78, 5) is 24.1. The molecule has 0 amide bonds. The first kappa shape index (κ1) is 31.7. The summed E-state index contributed by atoms with van der Waals surface area (Å²) < 4.78 is 94.2. The Morgan fingerprint density at radius 1 is 1.18 bits per heavy atom. The third-order valence-electron chi connectivity index (χ3n) is 5.34. The van der Waals surface area contributed by atoms with Gasteiger partial charge in [0, 0.05) is 31.8 Å². The molecule has 0 saturated carbocycles. The van der Waals surface area contributed by atoms with Crippen LogP contribution < -0.4 is 4.74 Å². The van der Waals surface area contributed by atoms with Crippen molar-refractivity contribution in [2.75, 3.05) is 19.7 Å². The Balaban J connectivity index is 0.000000317. The number of carbonyl (C=O) groups is 2. The smallest absolute Gasteiger partial charge is 0.475 e. The molecule has 4 rings (SSSR count). The number of nitrogens with zero attached hydrogens (tertiary/aromatic N) is 3. The minimum atomic E-state index is -5.08. The highest BCUT2D eigenvalue weighted by Crippen LogP contribution is 2.36. The van der Waals surface area contributed by atoms with E-state index >= 15 is 0 Å². The number of halogens is 7. The van der Waals surface area contributed by atoms with Gasteiger partial charge in [-0.3, -0.25) is 4.90 Å². The van der Waals surface area contributed by atoms with Crippen LogP contribution in [0.5, 0.6) is 5.88 Å². The normalized spacial score (nSPS) is 21.4. The molecule has 2 atom stereocenters.